The fraction of sp³-hybridized carbons (Fsp3) is 1.00. The molecule has 0 aromatic rings. The summed E-state index contributed by atoms with van der Waals surface area (Å²) in [6, 6.07) is 0. The number of hydrogen-bond acceptors (Lipinski definition) is 2. The Morgan fingerprint density at radius 2 is 1.69 bits per heavy atom. The smallest absolute Gasteiger partial charge is 0.0877 e. The van der Waals surface area contributed by atoms with E-state index in [2.05, 4.69) is 20.8 Å². The van der Waals surface area contributed by atoms with Gasteiger partial charge in [-0.15, -0.1) is 0 Å². The summed E-state index contributed by atoms with van der Waals surface area (Å²) in [6.07, 6.45) is 2.61. The maximum atomic E-state index is 10.1. The molecule has 0 aromatic carbocycles. The van der Waals surface area contributed by atoms with Crippen LogP contribution in [0.2, 0.25) is 0 Å². The fourth-order valence-electron chi connectivity index (χ4n) is 1.23. The van der Waals surface area contributed by atoms with E-state index in [1.165, 1.54) is 0 Å². The third kappa shape index (κ3) is 6.05. The quantitative estimate of drug-likeness (QED) is 0.718. The van der Waals surface area contributed by atoms with Crippen LogP contribution in [0.4, 0.5) is 0 Å². The highest BCUT2D eigenvalue weighted by Crippen LogP contribution is 2.27. The number of methoxy groups -OCH3 is 1. The first kappa shape index (κ1) is 12.9. The van der Waals surface area contributed by atoms with Crippen LogP contribution in [-0.4, -0.2) is 24.4 Å². The van der Waals surface area contributed by atoms with E-state index in [9.17, 15) is 5.11 Å². The molecule has 0 bridgehead atoms. The van der Waals surface area contributed by atoms with E-state index in [1.807, 2.05) is 6.92 Å². The van der Waals surface area contributed by atoms with Crippen molar-refractivity contribution in [1.82, 2.24) is 0 Å². The Labute approximate surface area is 82.3 Å². The van der Waals surface area contributed by atoms with Crippen molar-refractivity contribution in [3.8, 4) is 0 Å². The Morgan fingerprint density at radius 3 is 2.00 bits per heavy atom. The third-order valence-corrected chi connectivity index (χ3v) is 2.41. The van der Waals surface area contributed by atoms with Gasteiger partial charge in [-0.3, -0.25) is 0 Å². The van der Waals surface area contributed by atoms with Crippen molar-refractivity contribution in [2.24, 2.45) is 5.41 Å². The van der Waals surface area contributed by atoms with Crippen LogP contribution < -0.4 is 0 Å². The number of aliphatic hydroxyl groups is 1. The van der Waals surface area contributed by atoms with Gasteiger partial charge in [-0.05, 0) is 24.7 Å². The second-order valence-corrected chi connectivity index (χ2v) is 5.07. The first-order valence-electron chi connectivity index (χ1n) is 5.04. The lowest BCUT2D eigenvalue weighted by Crippen LogP contribution is -2.34. The molecule has 0 amide bonds. The second kappa shape index (κ2) is 4.97. The monoisotopic (exact) mass is 188 g/mol. The molecule has 2 nitrogen and oxygen atoms in total. The summed E-state index contributed by atoms with van der Waals surface area (Å²) >= 11 is 0. The molecule has 0 aliphatic carbocycles. The largest absolute Gasteiger partial charge is 0.387 e. The average molecular weight is 188 g/mol. The second-order valence-electron chi connectivity index (χ2n) is 5.07. The highest BCUT2D eigenvalue weighted by Gasteiger charge is 2.26. The molecular weight excluding hydrogens is 164 g/mol. The minimum atomic E-state index is -0.623. The predicted molar refractivity (Wildman–Crippen MR) is 55.8 cm³/mol. The van der Waals surface area contributed by atoms with Crippen LogP contribution in [0.15, 0.2) is 0 Å². The number of ether oxygens (including phenoxy) is 1. The van der Waals surface area contributed by atoms with Crippen LogP contribution in [0.25, 0.3) is 0 Å². The molecule has 1 N–H and O–H groups in total. The van der Waals surface area contributed by atoms with E-state index in [0.29, 0.717) is 6.61 Å². The van der Waals surface area contributed by atoms with Crippen LogP contribution in [0.1, 0.15) is 47.0 Å². The summed E-state index contributed by atoms with van der Waals surface area (Å²) in [7, 11) is 1.64. The van der Waals surface area contributed by atoms with Crippen molar-refractivity contribution in [2.45, 2.75) is 52.6 Å². The molecule has 0 fully saturated rings. The molecule has 0 rings (SSSR count). The molecule has 0 saturated carbocycles. The van der Waals surface area contributed by atoms with Gasteiger partial charge in [-0.25, -0.2) is 0 Å². The summed E-state index contributed by atoms with van der Waals surface area (Å²) in [4.78, 5) is 0. The van der Waals surface area contributed by atoms with E-state index in [4.69, 9.17) is 4.74 Å². The van der Waals surface area contributed by atoms with Gasteiger partial charge >= 0.3 is 0 Å². The molecule has 0 aliphatic heterocycles. The van der Waals surface area contributed by atoms with Gasteiger partial charge in [0.15, 0.2) is 0 Å². The zero-order chi connectivity index (χ0) is 10.5. The Morgan fingerprint density at radius 1 is 1.15 bits per heavy atom. The SMILES string of the molecule is CCC(O)(CCC(C)(C)C)COC. The van der Waals surface area contributed by atoms with Gasteiger partial charge < -0.3 is 9.84 Å². The fourth-order valence-corrected chi connectivity index (χ4v) is 1.23. The minimum Gasteiger partial charge on any atom is -0.387 e. The van der Waals surface area contributed by atoms with E-state index in [1.54, 1.807) is 7.11 Å². The lowest BCUT2D eigenvalue weighted by atomic mass is 9.84. The molecule has 0 aliphatic rings. The van der Waals surface area contributed by atoms with Gasteiger partial charge in [0.2, 0.25) is 0 Å². The number of rotatable bonds is 5. The molecule has 0 spiro atoms. The van der Waals surface area contributed by atoms with Gasteiger partial charge in [0.1, 0.15) is 0 Å². The lowest BCUT2D eigenvalue weighted by Gasteiger charge is -2.29. The molecule has 0 heterocycles. The zero-order valence-corrected chi connectivity index (χ0v) is 9.68. The topological polar surface area (TPSA) is 29.5 Å². The van der Waals surface area contributed by atoms with Gasteiger partial charge in [-0.2, -0.15) is 0 Å². The molecule has 0 saturated heterocycles. The summed E-state index contributed by atoms with van der Waals surface area (Å²) in [6.45, 7) is 9.02. The summed E-state index contributed by atoms with van der Waals surface area (Å²) in [5, 5.41) is 10.1. The zero-order valence-electron chi connectivity index (χ0n) is 9.68. The van der Waals surface area contributed by atoms with Crippen LogP contribution in [0.3, 0.4) is 0 Å². The first-order valence-corrected chi connectivity index (χ1v) is 5.04. The van der Waals surface area contributed by atoms with Crippen LogP contribution in [0.5, 0.6) is 0 Å². The van der Waals surface area contributed by atoms with Crippen molar-refractivity contribution in [1.29, 1.82) is 0 Å². The van der Waals surface area contributed by atoms with Crippen molar-refractivity contribution >= 4 is 0 Å². The molecular formula is C11H24O2. The van der Waals surface area contributed by atoms with Crippen LogP contribution >= 0.6 is 0 Å². The molecule has 80 valence electrons. The normalized spacial score (nSPS) is 17.1. The Hall–Kier alpha value is -0.0800. The van der Waals surface area contributed by atoms with Gasteiger partial charge in [0.25, 0.3) is 0 Å². The summed E-state index contributed by atoms with van der Waals surface area (Å²) in [5.41, 5.74) is -0.334. The minimum absolute atomic E-state index is 0.289. The molecule has 0 radical (unpaired) electrons. The maximum absolute atomic E-state index is 10.1. The maximum Gasteiger partial charge on any atom is 0.0877 e. The summed E-state index contributed by atoms with van der Waals surface area (Å²) in [5.74, 6) is 0. The summed E-state index contributed by atoms with van der Waals surface area (Å²) < 4.78 is 5.01. The van der Waals surface area contributed by atoms with Crippen molar-refractivity contribution < 1.29 is 9.84 Å². The van der Waals surface area contributed by atoms with E-state index in [-0.39, 0.29) is 5.41 Å². The highest BCUT2D eigenvalue weighted by molar-refractivity contribution is 4.78. The van der Waals surface area contributed by atoms with Crippen molar-refractivity contribution in [3.05, 3.63) is 0 Å². The van der Waals surface area contributed by atoms with Crippen LogP contribution in [-0.2, 0) is 4.74 Å². The molecule has 13 heavy (non-hydrogen) atoms. The van der Waals surface area contributed by atoms with E-state index in [0.717, 1.165) is 19.3 Å². The average Bonchev–Trinajstić information content (AvgIpc) is 2.01. The lowest BCUT2D eigenvalue weighted by molar-refractivity contribution is -0.0458. The molecule has 1 atom stereocenters. The van der Waals surface area contributed by atoms with E-state index < -0.39 is 5.60 Å². The Kier molecular flexibility index (Phi) is 4.93. The van der Waals surface area contributed by atoms with E-state index >= 15 is 0 Å². The van der Waals surface area contributed by atoms with Crippen molar-refractivity contribution in [3.63, 3.8) is 0 Å². The van der Waals surface area contributed by atoms with Crippen LogP contribution in [0, 0.1) is 5.41 Å². The first-order chi connectivity index (χ1) is 5.83. The van der Waals surface area contributed by atoms with Gasteiger partial charge in [0.05, 0.1) is 12.2 Å². The molecule has 1 unspecified atom stereocenters. The highest BCUT2D eigenvalue weighted by atomic mass is 16.5. The molecule has 2 heteroatoms. The van der Waals surface area contributed by atoms with Crippen molar-refractivity contribution in [2.75, 3.05) is 13.7 Å². The standard InChI is InChI=1S/C11H24O2/c1-6-11(12,9-13-5)8-7-10(2,3)4/h12H,6-9H2,1-5H3. The predicted octanol–water partition coefficient (Wildman–Crippen LogP) is 2.60. The Balaban J connectivity index is 3.97. The third-order valence-electron chi connectivity index (χ3n) is 2.41. The van der Waals surface area contributed by atoms with Gasteiger partial charge in [0, 0.05) is 7.11 Å². The number of hydrogen-bond donors (Lipinski definition) is 1. The van der Waals surface area contributed by atoms with Gasteiger partial charge in [-0.1, -0.05) is 27.7 Å². The Bertz CT molecular complexity index is 138. The molecule has 0 aromatic heterocycles.